The zero-order valence-corrected chi connectivity index (χ0v) is 20.1. The Hall–Kier alpha value is -2.89. The largest absolute Gasteiger partial charge is 0.383 e. The van der Waals surface area contributed by atoms with E-state index in [1.807, 2.05) is 30.5 Å². The molecular formula is C23H24Cl3N7. The number of rotatable bonds is 3. The molecule has 5 rings (SSSR count). The number of nitrogens with one attached hydrogen (secondary N) is 2. The average molecular weight is 505 g/mol. The Morgan fingerprint density at radius 3 is 2.55 bits per heavy atom. The van der Waals surface area contributed by atoms with Crippen LogP contribution in [0.1, 0.15) is 30.0 Å². The molecular weight excluding hydrogens is 481 g/mol. The fourth-order valence-electron chi connectivity index (χ4n) is 4.18. The molecule has 0 amide bonds. The molecule has 0 radical (unpaired) electrons. The molecule has 7 nitrogen and oxygen atoms in total. The van der Waals surface area contributed by atoms with Gasteiger partial charge in [-0.2, -0.15) is 10.4 Å². The number of nitrogens with zero attached hydrogens (tertiary/aromatic N) is 4. The van der Waals surface area contributed by atoms with E-state index in [1.165, 1.54) is 0 Å². The molecule has 4 heterocycles. The van der Waals surface area contributed by atoms with Gasteiger partial charge in [-0.25, -0.2) is 4.98 Å². The van der Waals surface area contributed by atoms with Crippen LogP contribution in [0.25, 0.3) is 33.2 Å². The summed E-state index contributed by atoms with van der Waals surface area (Å²) in [7, 11) is 0. The number of anilines is 1. The number of nitrogens with two attached hydrogens (primary N) is 1. The van der Waals surface area contributed by atoms with Gasteiger partial charge in [0, 0.05) is 46.6 Å². The lowest BCUT2D eigenvalue weighted by molar-refractivity contribution is 0.453. The lowest BCUT2D eigenvalue weighted by Crippen LogP contribution is -2.27. The number of piperidine rings is 1. The highest BCUT2D eigenvalue weighted by molar-refractivity contribution is 5.91. The number of hydrogen-bond donors (Lipinski definition) is 3. The monoisotopic (exact) mass is 503 g/mol. The van der Waals surface area contributed by atoms with E-state index in [0.717, 1.165) is 64.8 Å². The highest BCUT2D eigenvalue weighted by atomic mass is 35.5. The third kappa shape index (κ3) is 5.05. The molecule has 1 aliphatic rings. The van der Waals surface area contributed by atoms with Crippen molar-refractivity contribution in [2.24, 2.45) is 0 Å². The van der Waals surface area contributed by atoms with Crippen molar-refractivity contribution in [3.05, 3.63) is 60.2 Å². The highest BCUT2D eigenvalue weighted by Crippen LogP contribution is 2.35. The number of aromatic amines is 1. The van der Waals surface area contributed by atoms with Crippen molar-refractivity contribution in [3.63, 3.8) is 0 Å². The third-order valence-electron chi connectivity index (χ3n) is 5.79. The fraction of sp³-hybridized carbons (Fsp3) is 0.217. The van der Waals surface area contributed by atoms with Gasteiger partial charge < -0.3 is 11.1 Å². The summed E-state index contributed by atoms with van der Waals surface area (Å²) in [5, 5.41) is 22.1. The topological polar surface area (TPSA) is 116 Å². The molecule has 3 aromatic heterocycles. The van der Waals surface area contributed by atoms with Gasteiger partial charge in [0.2, 0.25) is 0 Å². The summed E-state index contributed by atoms with van der Waals surface area (Å²) >= 11 is 0. The van der Waals surface area contributed by atoms with Crippen LogP contribution in [0.3, 0.4) is 0 Å². The summed E-state index contributed by atoms with van der Waals surface area (Å²) in [6, 6.07) is 11.8. The van der Waals surface area contributed by atoms with Crippen LogP contribution in [0.15, 0.2) is 48.9 Å². The van der Waals surface area contributed by atoms with Gasteiger partial charge in [-0.15, -0.1) is 37.2 Å². The molecule has 1 fully saturated rings. The van der Waals surface area contributed by atoms with Gasteiger partial charge in [0.1, 0.15) is 5.82 Å². The zero-order chi connectivity index (χ0) is 20.5. The number of nitriles is 1. The summed E-state index contributed by atoms with van der Waals surface area (Å²) in [5.41, 5.74) is 11.4. The van der Waals surface area contributed by atoms with Crippen LogP contribution in [0.2, 0.25) is 0 Å². The fourth-order valence-corrected chi connectivity index (χ4v) is 4.18. The molecule has 4 N–H and O–H groups in total. The Morgan fingerprint density at radius 1 is 1.00 bits per heavy atom. The lowest BCUT2D eigenvalue weighted by atomic mass is 9.90. The van der Waals surface area contributed by atoms with Gasteiger partial charge in [0.15, 0.2) is 0 Å². The first-order valence-corrected chi connectivity index (χ1v) is 10.0. The first-order chi connectivity index (χ1) is 14.7. The Labute approximate surface area is 210 Å². The SMILES string of the molecule is Cl.Cl.Cl.N#Cc1cccc2cc(-c3cc(-c4c[nH]nc4C4CCNCC4)cnc3N)ncc12. The minimum Gasteiger partial charge on any atom is -0.383 e. The highest BCUT2D eigenvalue weighted by Gasteiger charge is 2.22. The smallest absolute Gasteiger partial charge is 0.132 e. The maximum atomic E-state index is 9.32. The maximum absolute atomic E-state index is 9.32. The number of nitrogen functional groups attached to an aromatic ring is 1. The molecule has 0 unspecified atom stereocenters. The molecule has 1 saturated heterocycles. The summed E-state index contributed by atoms with van der Waals surface area (Å²) < 4.78 is 0. The molecule has 4 aromatic rings. The second-order valence-electron chi connectivity index (χ2n) is 7.57. The van der Waals surface area contributed by atoms with Gasteiger partial charge >= 0.3 is 0 Å². The molecule has 0 bridgehead atoms. The number of H-pyrrole nitrogens is 1. The number of pyridine rings is 2. The van der Waals surface area contributed by atoms with Crippen LogP contribution in [0, 0.1) is 11.3 Å². The molecule has 0 aliphatic carbocycles. The Balaban J connectivity index is 0.00000128. The zero-order valence-electron chi connectivity index (χ0n) is 17.6. The van der Waals surface area contributed by atoms with Gasteiger partial charge in [0.25, 0.3) is 0 Å². The second kappa shape index (κ2) is 11.3. The van der Waals surface area contributed by atoms with Crippen LogP contribution in [-0.2, 0) is 0 Å². The number of halogens is 3. The molecule has 172 valence electrons. The predicted octanol–water partition coefficient (Wildman–Crippen LogP) is 4.87. The van der Waals surface area contributed by atoms with E-state index in [1.54, 1.807) is 18.5 Å². The number of aromatic nitrogens is 4. The molecule has 1 aliphatic heterocycles. The van der Waals surface area contributed by atoms with E-state index in [2.05, 4.69) is 31.6 Å². The van der Waals surface area contributed by atoms with E-state index in [-0.39, 0.29) is 37.2 Å². The number of benzene rings is 1. The Kier molecular flexibility index (Phi) is 9.03. The Bertz CT molecular complexity index is 1280. The molecule has 0 spiro atoms. The standard InChI is InChI=1S/C23H21N7.3ClH/c24-10-16-3-1-2-15-9-21(27-12-19(15)16)18-8-17(11-28-23(18)25)20-13-29-30-22(20)14-4-6-26-7-5-14;;;/h1-3,8-9,11-14,26H,4-7H2,(H2,25,28)(H,29,30);3*1H. The van der Waals surface area contributed by atoms with Crippen molar-refractivity contribution in [2.45, 2.75) is 18.8 Å². The van der Waals surface area contributed by atoms with Crippen LogP contribution in [0.4, 0.5) is 5.82 Å². The number of fused-ring (bicyclic) bond motifs is 1. The molecule has 33 heavy (non-hydrogen) atoms. The van der Waals surface area contributed by atoms with E-state index in [4.69, 9.17) is 5.73 Å². The minimum atomic E-state index is 0. The number of hydrogen-bond acceptors (Lipinski definition) is 6. The van der Waals surface area contributed by atoms with Crippen molar-refractivity contribution in [2.75, 3.05) is 18.8 Å². The quantitative estimate of drug-likeness (QED) is 0.366. The van der Waals surface area contributed by atoms with Crippen LogP contribution in [-0.4, -0.2) is 33.3 Å². The van der Waals surface area contributed by atoms with Crippen molar-refractivity contribution >= 4 is 53.8 Å². The van der Waals surface area contributed by atoms with Crippen LogP contribution >= 0.6 is 37.2 Å². The van der Waals surface area contributed by atoms with Gasteiger partial charge in [-0.05, 0) is 49.5 Å². The van der Waals surface area contributed by atoms with Gasteiger partial charge in [0.05, 0.1) is 23.0 Å². The normalized spacial score (nSPS) is 13.3. The van der Waals surface area contributed by atoms with E-state index in [0.29, 0.717) is 17.3 Å². The van der Waals surface area contributed by atoms with Crippen LogP contribution in [0.5, 0.6) is 0 Å². The van der Waals surface area contributed by atoms with Crippen molar-refractivity contribution in [3.8, 4) is 28.5 Å². The minimum absolute atomic E-state index is 0. The van der Waals surface area contributed by atoms with Crippen molar-refractivity contribution in [1.29, 1.82) is 5.26 Å². The summed E-state index contributed by atoms with van der Waals surface area (Å²) in [6.07, 6.45) is 7.60. The maximum Gasteiger partial charge on any atom is 0.132 e. The summed E-state index contributed by atoms with van der Waals surface area (Å²) in [4.78, 5) is 9.02. The molecule has 1 aromatic carbocycles. The first kappa shape index (κ1) is 26.4. The second-order valence-corrected chi connectivity index (χ2v) is 7.57. The summed E-state index contributed by atoms with van der Waals surface area (Å²) in [5.74, 6) is 0.852. The van der Waals surface area contributed by atoms with Crippen LogP contribution < -0.4 is 11.1 Å². The Morgan fingerprint density at radius 2 is 1.79 bits per heavy atom. The van der Waals surface area contributed by atoms with Gasteiger partial charge in [-0.3, -0.25) is 10.1 Å². The van der Waals surface area contributed by atoms with E-state index in [9.17, 15) is 5.26 Å². The van der Waals surface area contributed by atoms with E-state index >= 15 is 0 Å². The van der Waals surface area contributed by atoms with Crippen molar-refractivity contribution < 1.29 is 0 Å². The summed E-state index contributed by atoms with van der Waals surface area (Å²) in [6.45, 7) is 2.02. The van der Waals surface area contributed by atoms with E-state index < -0.39 is 0 Å². The average Bonchev–Trinajstić information content (AvgIpc) is 3.29. The molecule has 10 heteroatoms. The molecule has 0 atom stereocenters. The van der Waals surface area contributed by atoms with Crippen molar-refractivity contribution in [1.82, 2.24) is 25.5 Å². The third-order valence-corrected chi connectivity index (χ3v) is 5.79. The van der Waals surface area contributed by atoms with Gasteiger partial charge in [-0.1, -0.05) is 12.1 Å². The first-order valence-electron chi connectivity index (χ1n) is 10.0. The predicted molar refractivity (Wildman–Crippen MR) is 138 cm³/mol. The molecule has 0 saturated carbocycles. The lowest BCUT2D eigenvalue weighted by Gasteiger charge is -2.22.